The second-order valence-corrected chi connectivity index (χ2v) is 6.87. The Bertz CT molecular complexity index is 560. The van der Waals surface area contributed by atoms with Gasteiger partial charge in [-0.05, 0) is 59.7 Å². The second-order valence-electron chi connectivity index (χ2n) is 6.01. The molecular formula is C16H18BrNO3. The van der Waals surface area contributed by atoms with Crippen LogP contribution in [0.5, 0.6) is 0 Å². The standard InChI is InChI=1S/C16H18BrNO3/c17-14-4-2-1-3-13(14)16(21)18-11-5-6-12(18)8-10(7-11)9-15(19)20/h1-4,10-12H,5-9H2,(H,19,20). The molecule has 2 saturated heterocycles. The predicted octanol–water partition coefficient (Wildman–Crippen LogP) is 3.31. The summed E-state index contributed by atoms with van der Waals surface area (Å²) < 4.78 is 0.821. The summed E-state index contributed by atoms with van der Waals surface area (Å²) in [6.45, 7) is 0. The number of piperidine rings is 1. The quantitative estimate of drug-likeness (QED) is 0.908. The van der Waals surface area contributed by atoms with Crippen LogP contribution in [-0.2, 0) is 4.79 Å². The highest BCUT2D eigenvalue weighted by atomic mass is 79.9. The van der Waals surface area contributed by atoms with E-state index in [2.05, 4.69) is 15.9 Å². The molecule has 2 aliphatic heterocycles. The Kier molecular flexibility index (Phi) is 4.02. The van der Waals surface area contributed by atoms with E-state index in [4.69, 9.17) is 5.11 Å². The minimum Gasteiger partial charge on any atom is -0.481 e. The van der Waals surface area contributed by atoms with E-state index >= 15 is 0 Å². The highest BCUT2D eigenvalue weighted by molar-refractivity contribution is 9.10. The molecule has 2 aliphatic rings. The number of nitrogens with zero attached hydrogens (tertiary/aromatic N) is 1. The minimum atomic E-state index is -0.731. The van der Waals surface area contributed by atoms with E-state index in [0.29, 0.717) is 5.56 Å². The number of halogens is 1. The molecule has 2 fully saturated rings. The van der Waals surface area contributed by atoms with Crippen LogP contribution in [0.3, 0.4) is 0 Å². The summed E-state index contributed by atoms with van der Waals surface area (Å²) in [4.78, 5) is 25.7. The lowest BCUT2D eigenvalue weighted by Gasteiger charge is -2.38. The maximum absolute atomic E-state index is 12.8. The van der Waals surface area contributed by atoms with E-state index in [9.17, 15) is 9.59 Å². The van der Waals surface area contributed by atoms with Crippen molar-refractivity contribution in [3.8, 4) is 0 Å². The molecule has 1 aromatic rings. The first-order chi connectivity index (χ1) is 10.1. The van der Waals surface area contributed by atoms with Crippen molar-refractivity contribution in [3.05, 3.63) is 34.3 Å². The van der Waals surface area contributed by atoms with Crippen molar-refractivity contribution in [2.24, 2.45) is 5.92 Å². The smallest absolute Gasteiger partial charge is 0.303 e. The Hall–Kier alpha value is -1.36. The molecule has 1 aromatic carbocycles. The number of aliphatic carboxylic acids is 1. The number of rotatable bonds is 3. The van der Waals surface area contributed by atoms with E-state index in [-0.39, 0.29) is 30.3 Å². The number of carboxylic acid groups (broad SMARTS) is 1. The summed E-state index contributed by atoms with van der Waals surface area (Å²) >= 11 is 3.44. The van der Waals surface area contributed by atoms with Crippen molar-refractivity contribution in [2.45, 2.75) is 44.2 Å². The van der Waals surface area contributed by atoms with E-state index < -0.39 is 5.97 Å². The molecule has 0 aromatic heterocycles. The third-order valence-corrected chi connectivity index (χ3v) is 5.32. The lowest BCUT2D eigenvalue weighted by Crippen LogP contribution is -2.47. The normalized spacial score (nSPS) is 27.7. The van der Waals surface area contributed by atoms with Crippen LogP contribution in [0.4, 0.5) is 0 Å². The SMILES string of the molecule is O=C(O)CC1CC2CCC(C1)N2C(=O)c1ccccc1Br. The summed E-state index contributed by atoms with van der Waals surface area (Å²) in [5.41, 5.74) is 0.700. The summed E-state index contributed by atoms with van der Waals surface area (Å²) in [5.74, 6) is -0.447. The lowest BCUT2D eigenvalue weighted by atomic mass is 9.88. The number of carboxylic acids is 1. The van der Waals surface area contributed by atoms with Gasteiger partial charge in [0.2, 0.25) is 0 Å². The largest absolute Gasteiger partial charge is 0.481 e. The molecular weight excluding hydrogens is 334 g/mol. The van der Waals surface area contributed by atoms with Gasteiger partial charge in [-0.2, -0.15) is 0 Å². The zero-order chi connectivity index (χ0) is 15.0. The second kappa shape index (κ2) is 5.79. The molecule has 3 rings (SSSR count). The Labute approximate surface area is 132 Å². The van der Waals surface area contributed by atoms with Gasteiger partial charge in [-0.15, -0.1) is 0 Å². The average molecular weight is 352 g/mol. The van der Waals surface area contributed by atoms with Crippen molar-refractivity contribution < 1.29 is 14.7 Å². The van der Waals surface area contributed by atoms with Gasteiger partial charge >= 0.3 is 5.97 Å². The molecule has 4 nitrogen and oxygen atoms in total. The van der Waals surface area contributed by atoms with Crippen LogP contribution in [0.2, 0.25) is 0 Å². The Morgan fingerprint density at radius 1 is 1.19 bits per heavy atom. The summed E-state index contributed by atoms with van der Waals surface area (Å²) in [7, 11) is 0. The average Bonchev–Trinajstić information content (AvgIpc) is 2.69. The molecule has 1 N–H and O–H groups in total. The van der Waals surface area contributed by atoms with Crippen LogP contribution in [0.1, 0.15) is 42.5 Å². The van der Waals surface area contributed by atoms with Crippen LogP contribution < -0.4 is 0 Å². The molecule has 0 radical (unpaired) electrons. The monoisotopic (exact) mass is 351 g/mol. The molecule has 5 heteroatoms. The predicted molar refractivity (Wildman–Crippen MR) is 82.1 cm³/mol. The van der Waals surface area contributed by atoms with Gasteiger partial charge in [0, 0.05) is 23.0 Å². The molecule has 2 atom stereocenters. The zero-order valence-corrected chi connectivity index (χ0v) is 13.3. The first-order valence-electron chi connectivity index (χ1n) is 7.35. The molecule has 0 saturated carbocycles. The lowest BCUT2D eigenvalue weighted by molar-refractivity contribution is -0.138. The molecule has 1 amide bonds. The Morgan fingerprint density at radius 2 is 1.81 bits per heavy atom. The van der Waals surface area contributed by atoms with Crippen molar-refractivity contribution in [2.75, 3.05) is 0 Å². The Morgan fingerprint density at radius 3 is 2.38 bits per heavy atom. The Balaban J connectivity index is 1.78. The fourth-order valence-electron chi connectivity index (χ4n) is 3.81. The number of carbonyl (C=O) groups is 2. The first kappa shape index (κ1) is 14.6. The fraction of sp³-hybridized carbons (Fsp3) is 0.500. The number of hydrogen-bond donors (Lipinski definition) is 1. The van der Waals surface area contributed by atoms with Crippen LogP contribution >= 0.6 is 15.9 Å². The topological polar surface area (TPSA) is 57.6 Å². The summed E-state index contributed by atoms with van der Waals surface area (Å²) in [6, 6.07) is 7.90. The van der Waals surface area contributed by atoms with Gasteiger partial charge in [0.1, 0.15) is 0 Å². The number of benzene rings is 1. The number of amides is 1. The number of fused-ring (bicyclic) bond motifs is 2. The highest BCUT2D eigenvalue weighted by Gasteiger charge is 2.43. The van der Waals surface area contributed by atoms with Crippen molar-refractivity contribution in [1.82, 2.24) is 4.90 Å². The third kappa shape index (κ3) is 2.84. The van der Waals surface area contributed by atoms with Gasteiger partial charge in [-0.25, -0.2) is 0 Å². The van der Waals surface area contributed by atoms with Gasteiger partial charge in [0.25, 0.3) is 5.91 Å². The van der Waals surface area contributed by atoms with Crippen LogP contribution in [0.25, 0.3) is 0 Å². The van der Waals surface area contributed by atoms with Gasteiger partial charge in [-0.3, -0.25) is 9.59 Å². The van der Waals surface area contributed by atoms with E-state index in [0.717, 1.165) is 30.2 Å². The van der Waals surface area contributed by atoms with Gasteiger partial charge in [0.15, 0.2) is 0 Å². The van der Waals surface area contributed by atoms with Gasteiger partial charge in [0.05, 0.1) is 5.56 Å². The van der Waals surface area contributed by atoms with Gasteiger partial charge < -0.3 is 10.0 Å². The molecule has 2 heterocycles. The molecule has 21 heavy (non-hydrogen) atoms. The minimum absolute atomic E-state index is 0.0729. The molecule has 0 spiro atoms. The van der Waals surface area contributed by atoms with Crippen molar-refractivity contribution in [1.29, 1.82) is 0 Å². The van der Waals surface area contributed by atoms with E-state index in [1.165, 1.54) is 0 Å². The maximum atomic E-state index is 12.8. The highest BCUT2D eigenvalue weighted by Crippen LogP contribution is 2.41. The third-order valence-electron chi connectivity index (χ3n) is 4.63. The van der Waals surface area contributed by atoms with Gasteiger partial charge in [-0.1, -0.05) is 12.1 Å². The van der Waals surface area contributed by atoms with Crippen molar-refractivity contribution >= 4 is 27.8 Å². The zero-order valence-electron chi connectivity index (χ0n) is 11.7. The van der Waals surface area contributed by atoms with E-state index in [1.54, 1.807) is 0 Å². The molecule has 2 unspecified atom stereocenters. The number of carbonyl (C=O) groups excluding carboxylic acids is 1. The number of hydrogen-bond acceptors (Lipinski definition) is 2. The van der Waals surface area contributed by atoms with Crippen LogP contribution in [-0.4, -0.2) is 34.0 Å². The van der Waals surface area contributed by atoms with Crippen LogP contribution in [0, 0.1) is 5.92 Å². The first-order valence-corrected chi connectivity index (χ1v) is 8.14. The van der Waals surface area contributed by atoms with Crippen LogP contribution in [0.15, 0.2) is 28.7 Å². The van der Waals surface area contributed by atoms with Crippen molar-refractivity contribution in [3.63, 3.8) is 0 Å². The molecule has 2 bridgehead atoms. The molecule has 112 valence electrons. The fourth-order valence-corrected chi connectivity index (χ4v) is 4.26. The van der Waals surface area contributed by atoms with E-state index in [1.807, 2.05) is 29.2 Å². The summed E-state index contributed by atoms with van der Waals surface area (Å²) in [5, 5.41) is 8.96. The maximum Gasteiger partial charge on any atom is 0.303 e. The summed E-state index contributed by atoms with van der Waals surface area (Å²) in [6.07, 6.45) is 3.86. The molecule has 0 aliphatic carbocycles.